The number of sulfonamides is 1. The van der Waals surface area contributed by atoms with E-state index in [9.17, 15) is 13.2 Å². The van der Waals surface area contributed by atoms with E-state index in [2.05, 4.69) is 5.32 Å². The van der Waals surface area contributed by atoms with Crippen LogP contribution in [0.15, 0.2) is 41.3 Å². The molecular weight excluding hydrogens is 360 g/mol. The number of fused-ring (bicyclic) bond motifs is 1. The minimum absolute atomic E-state index is 0.0456. The van der Waals surface area contributed by atoms with Crippen LogP contribution in [0, 0.1) is 0 Å². The first kappa shape index (κ1) is 18.0. The number of ether oxygens (including phenoxy) is 3. The third-order valence-electron chi connectivity index (χ3n) is 3.83. The van der Waals surface area contributed by atoms with E-state index in [4.69, 9.17) is 14.2 Å². The molecule has 3 rings (SSSR count). The molecule has 1 heterocycles. The van der Waals surface area contributed by atoms with Crippen molar-refractivity contribution in [2.45, 2.75) is 4.90 Å². The molecule has 0 atom stereocenters. The number of anilines is 1. The highest BCUT2D eigenvalue weighted by molar-refractivity contribution is 7.89. The molecule has 8 nitrogen and oxygen atoms in total. The lowest BCUT2D eigenvalue weighted by molar-refractivity contribution is 0.102. The van der Waals surface area contributed by atoms with Gasteiger partial charge in [-0.2, -0.15) is 0 Å². The highest BCUT2D eigenvalue weighted by atomic mass is 32.2. The summed E-state index contributed by atoms with van der Waals surface area (Å²) in [4.78, 5) is 12.6. The van der Waals surface area contributed by atoms with Crippen LogP contribution >= 0.6 is 0 Å². The van der Waals surface area contributed by atoms with Gasteiger partial charge in [0.25, 0.3) is 5.91 Å². The van der Waals surface area contributed by atoms with Crippen LogP contribution in [-0.2, 0) is 10.0 Å². The Morgan fingerprint density at radius 2 is 1.85 bits per heavy atom. The molecule has 0 unspecified atom stereocenters. The van der Waals surface area contributed by atoms with E-state index in [0.717, 1.165) is 4.31 Å². The zero-order chi connectivity index (χ0) is 18.9. The van der Waals surface area contributed by atoms with Crippen LogP contribution in [0.25, 0.3) is 0 Å². The first-order valence-corrected chi connectivity index (χ1v) is 9.08. The van der Waals surface area contributed by atoms with E-state index >= 15 is 0 Å². The second-order valence-corrected chi connectivity index (χ2v) is 7.82. The van der Waals surface area contributed by atoms with Gasteiger partial charge in [-0.25, -0.2) is 12.7 Å². The third-order valence-corrected chi connectivity index (χ3v) is 5.64. The number of rotatable bonds is 5. The van der Waals surface area contributed by atoms with Gasteiger partial charge in [0.05, 0.1) is 17.7 Å². The van der Waals surface area contributed by atoms with Gasteiger partial charge in [-0.05, 0) is 36.4 Å². The molecule has 0 bridgehead atoms. The minimum atomic E-state index is -3.64. The van der Waals surface area contributed by atoms with Gasteiger partial charge in [-0.3, -0.25) is 4.79 Å². The average Bonchev–Trinajstić information content (AvgIpc) is 3.09. The molecule has 138 valence electrons. The zero-order valence-corrected chi connectivity index (χ0v) is 15.3. The number of nitrogens with one attached hydrogen (secondary N) is 1. The van der Waals surface area contributed by atoms with Gasteiger partial charge < -0.3 is 19.5 Å². The Balaban J connectivity index is 1.92. The number of methoxy groups -OCH3 is 1. The van der Waals surface area contributed by atoms with Crippen LogP contribution in [0.2, 0.25) is 0 Å². The van der Waals surface area contributed by atoms with Crippen LogP contribution < -0.4 is 19.5 Å². The predicted molar refractivity (Wildman–Crippen MR) is 94.4 cm³/mol. The molecule has 0 radical (unpaired) electrons. The highest BCUT2D eigenvalue weighted by Gasteiger charge is 2.21. The zero-order valence-electron chi connectivity index (χ0n) is 14.5. The summed E-state index contributed by atoms with van der Waals surface area (Å²) in [5.41, 5.74) is 0.593. The summed E-state index contributed by atoms with van der Waals surface area (Å²) in [6, 6.07) is 9.07. The van der Waals surface area contributed by atoms with E-state index in [0.29, 0.717) is 22.8 Å². The molecule has 1 aliphatic rings. The molecule has 0 saturated carbocycles. The summed E-state index contributed by atoms with van der Waals surface area (Å²) in [5, 5.41) is 2.68. The van der Waals surface area contributed by atoms with Crippen LogP contribution in [0.4, 0.5) is 5.69 Å². The quantitative estimate of drug-likeness (QED) is 0.854. The second kappa shape index (κ2) is 6.85. The maximum Gasteiger partial charge on any atom is 0.255 e. The van der Waals surface area contributed by atoms with Crippen molar-refractivity contribution in [3.8, 4) is 17.2 Å². The van der Waals surface area contributed by atoms with Crippen LogP contribution in [0.5, 0.6) is 17.2 Å². The standard InChI is InChI=1S/C17H18N2O6S/c1-19(2)26(21,22)12-5-7-14(23-3)13(9-12)18-17(20)11-4-6-15-16(8-11)25-10-24-15/h4-9H,10H2,1-3H3,(H,18,20). The average molecular weight is 378 g/mol. The summed E-state index contributed by atoms with van der Waals surface area (Å²) in [5.74, 6) is 0.963. The Morgan fingerprint density at radius 1 is 1.12 bits per heavy atom. The van der Waals surface area contributed by atoms with E-state index in [1.807, 2.05) is 0 Å². The monoisotopic (exact) mass is 378 g/mol. The molecule has 0 fully saturated rings. The lowest BCUT2D eigenvalue weighted by Gasteiger charge is -2.15. The summed E-state index contributed by atoms with van der Waals surface area (Å²) < 4.78 is 41.4. The smallest absolute Gasteiger partial charge is 0.255 e. The number of nitrogens with zero attached hydrogens (tertiary/aromatic N) is 1. The lowest BCUT2D eigenvalue weighted by Crippen LogP contribution is -2.22. The Kier molecular flexibility index (Phi) is 4.75. The first-order chi connectivity index (χ1) is 12.3. The molecular formula is C17H18N2O6S. The Labute approximate surface area is 151 Å². The van der Waals surface area contributed by atoms with Gasteiger partial charge in [-0.1, -0.05) is 0 Å². The first-order valence-electron chi connectivity index (χ1n) is 7.64. The molecule has 26 heavy (non-hydrogen) atoms. The third kappa shape index (κ3) is 3.31. The van der Waals surface area contributed by atoms with Crippen molar-refractivity contribution in [3.63, 3.8) is 0 Å². The van der Waals surface area contributed by atoms with Gasteiger partial charge in [0.15, 0.2) is 11.5 Å². The molecule has 0 aromatic heterocycles. The predicted octanol–water partition coefficient (Wildman–Crippen LogP) is 1.93. The van der Waals surface area contributed by atoms with E-state index < -0.39 is 15.9 Å². The number of hydrogen-bond acceptors (Lipinski definition) is 6. The number of carbonyl (C=O) groups excluding carboxylic acids is 1. The normalized spacial score (nSPS) is 12.9. The van der Waals surface area contributed by atoms with Crippen molar-refractivity contribution in [1.82, 2.24) is 4.31 Å². The summed E-state index contributed by atoms with van der Waals surface area (Å²) in [7, 11) is 0.663. The van der Waals surface area contributed by atoms with Crippen molar-refractivity contribution >= 4 is 21.6 Å². The molecule has 0 saturated heterocycles. The fraction of sp³-hybridized carbons (Fsp3) is 0.235. The fourth-order valence-electron chi connectivity index (χ4n) is 2.39. The number of hydrogen-bond donors (Lipinski definition) is 1. The van der Waals surface area contributed by atoms with Gasteiger partial charge in [0.1, 0.15) is 5.75 Å². The van der Waals surface area contributed by atoms with Crippen molar-refractivity contribution in [2.75, 3.05) is 33.3 Å². The maximum absolute atomic E-state index is 12.6. The molecule has 1 aliphatic heterocycles. The van der Waals surface area contributed by atoms with E-state index in [-0.39, 0.29) is 17.4 Å². The lowest BCUT2D eigenvalue weighted by atomic mass is 10.2. The topological polar surface area (TPSA) is 94.2 Å². The molecule has 2 aromatic carbocycles. The SMILES string of the molecule is COc1ccc(S(=O)(=O)N(C)C)cc1NC(=O)c1ccc2c(c1)OCO2. The highest BCUT2D eigenvalue weighted by Crippen LogP contribution is 2.33. The van der Waals surface area contributed by atoms with Crippen LogP contribution in [-0.4, -0.2) is 46.6 Å². The minimum Gasteiger partial charge on any atom is -0.495 e. The Hall–Kier alpha value is -2.78. The largest absolute Gasteiger partial charge is 0.495 e. The maximum atomic E-state index is 12.6. The molecule has 1 amide bonds. The summed E-state index contributed by atoms with van der Waals surface area (Å²) >= 11 is 0. The molecule has 0 aliphatic carbocycles. The van der Waals surface area contributed by atoms with Crippen LogP contribution in [0.3, 0.4) is 0 Å². The van der Waals surface area contributed by atoms with Gasteiger partial charge in [-0.15, -0.1) is 0 Å². The van der Waals surface area contributed by atoms with Crippen LogP contribution in [0.1, 0.15) is 10.4 Å². The Bertz CT molecular complexity index is 956. The van der Waals surface area contributed by atoms with Crippen molar-refractivity contribution in [1.29, 1.82) is 0 Å². The molecule has 0 spiro atoms. The van der Waals surface area contributed by atoms with E-state index in [1.54, 1.807) is 18.2 Å². The molecule has 9 heteroatoms. The fourth-order valence-corrected chi connectivity index (χ4v) is 3.32. The van der Waals surface area contributed by atoms with Gasteiger partial charge in [0, 0.05) is 19.7 Å². The molecule has 2 aromatic rings. The van der Waals surface area contributed by atoms with Gasteiger partial charge in [0.2, 0.25) is 16.8 Å². The van der Waals surface area contributed by atoms with Crippen molar-refractivity contribution < 1.29 is 27.4 Å². The second-order valence-electron chi connectivity index (χ2n) is 5.67. The number of benzene rings is 2. The van der Waals surface area contributed by atoms with Crippen molar-refractivity contribution in [3.05, 3.63) is 42.0 Å². The summed E-state index contributed by atoms with van der Waals surface area (Å²) in [6.07, 6.45) is 0. The number of carbonyl (C=O) groups is 1. The van der Waals surface area contributed by atoms with E-state index in [1.165, 1.54) is 39.4 Å². The molecule has 1 N–H and O–H groups in total. The summed E-state index contributed by atoms with van der Waals surface area (Å²) in [6.45, 7) is 0.110. The Morgan fingerprint density at radius 3 is 2.54 bits per heavy atom. The number of amides is 1. The van der Waals surface area contributed by atoms with Gasteiger partial charge >= 0.3 is 0 Å². The van der Waals surface area contributed by atoms with Crippen molar-refractivity contribution in [2.24, 2.45) is 0 Å².